The minimum absolute atomic E-state index is 0.00235. The summed E-state index contributed by atoms with van der Waals surface area (Å²) in [7, 11) is 0. The van der Waals surface area contributed by atoms with Gasteiger partial charge in [-0.15, -0.1) is 0 Å². The fourth-order valence-electron chi connectivity index (χ4n) is 2.34. The number of anilines is 1. The van der Waals surface area contributed by atoms with E-state index in [0.717, 1.165) is 34.6 Å². The summed E-state index contributed by atoms with van der Waals surface area (Å²) < 4.78 is 0. The Bertz CT molecular complexity index is 490. The zero-order chi connectivity index (χ0) is 15.8. The lowest BCUT2D eigenvalue weighted by molar-refractivity contribution is -0.135. The number of nitrogens with zero attached hydrogens (tertiary/aromatic N) is 1. The van der Waals surface area contributed by atoms with Crippen molar-refractivity contribution in [2.45, 2.75) is 33.1 Å². The number of thioether (sulfide) groups is 1. The molecule has 0 radical (unpaired) electrons. The smallest absolute Gasteiger partial charge is 0.323 e. The number of hydrogen-bond donors (Lipinski definition) is 1. The predicted octanol–water partition coefficient (Wildman–Crippen LogP) is 3.32. The first kappa shape index (κ1) is 17.6. The summed E-state index contributed by atoms with van der Waals surface area (Å²) in [6.07, 6.45) is 0.893. The van der Waals surface area contributed by atoms with E-state index < -0.39 is 5.97 Å². The Morgan fingerprint density at radius 2 is 2.19 bits per heavy atom. The fourth-order valence-corrected chi connectivity index (χ4v) is 2.92. The molecule has 1 aromatic rings. The average Bonchev–Trinajstić information content (AvgIpc) is 2.45. The van der Waals surface area contributed by atoms with Crippen LogP contribution >= 0.6 is 11.8 Å². The van der Waals surface area contributed by atoms with E-state index in [9.17, 15) is 9.59 Å². The van der Waals surface area contributed by atoms with Gasteiger partial charge in [-0.2, -0.15) is 0 Å². The second-order valence-corrected chi connectivity index (χ2v) is 6.06. The molecule has 4 nitrogen and oxygen atoms in total. The number of likely N-dealkylation sites (N-methyl/N-ethyl adjacent to an activating group) is 1. The van der Waals surface area contributed by atoms with Crippen molar-refractivity contribution in [3.63, 3.8) is 0 Å². The van der Waals surface area contributed by atoms with Crippen LogP contribution in [0, 0.1) is 6.92 Å². The van der Waals surface area contributed by atoms with Gasteiger partial charge >= 0.3 is 5.97 Å². The van der Waals surface area contributed by atoms with Crippen LogP contribution in [0.4, 0.5) is 5.69 Å². The van der Waals surface area contributed by atoms with Crippen molar-refractivity contribution in [1.29, 1.82) is 0 Å². The molecule has 0 aliphatic carbocycles. The van der Waals surface area contributed by atoms with Crippen molar-refractivity contribution in [2.24, 2.45) is 0 Å². The van der Waals surface area contributed by atoms with Crippen molar-refractivity contribution >= 4 is 29.0 Å². The van der Waals surface area contributed by atoms with Gasteiger partial charge in [0, 0.05) is 18.0 Å². The van der Waals surface area contributed by atoms with Gasteiger partial charge in [-0.1, -0.05) is 36.4 Å². The SMILES string of the molecule is CCN(CC(=O)O)c1ccc(C)cc1C(C)CCSC=O. The van der Waals surface area contributed by atoms with Gasteiger partial charge in [0.15, 0.2) is 5.62 Å². The van der Waals surface area contributed by atoms with Gasteiger partial charge in [0.2, 0.25) is 0 Å². The molecule has 0 saturated carbocycles. The second-order valence-electron chi connectivity index (χ2n) is 5.13. The van der Waals surface area contributed by atoms with Crippen molar-refractivity contribution in [1.82, 2.24) is 0 Å². The first-order valence-corrected chi connectivity index (χ1v) is 8.17. The molecule has 5 heteroatoms. The average molecular weight is 309 g/mol. The number of benzene rings is 1. The maximum absolute atomic E-state index is 11.0. The Kier molecular flexibility index (Phi) is 7.29. The third kappa shape index (κ3) is 5.42. The topological polar surface area (TPSA) is 57.6 Å². The van der Waals surface area contributed by atoms with Gasteiger partial charge in [0.05, 0.1) is 0 Å². The van der Waals surface area contributed by atoms with Crippen molar-refractivity contribution < 1.29 is 14.7 Å². The van der Waals surface area contributed by atoms with Crippen LogP contribution in [0.2, 0.25) is 0 Å². The highest BCUT2D eigenvalue weighted by Crippen LogP contribution is 2.31. The Balaban J connectivity index is 3.02. The number of carboxylic acids is 1. The number of carbonyl (C=O) groups excluding carboxylic acids is 1. The Hall–Kier alpha value is -1.49. The van der Waals surface area contributed by atoms with Gasteiger partial charge in [-0.05, 0) is 37.8 Å². The zero-order valence-electron chi connectivity index (χ0n) is 12.8. The molecule has 0 saturated heterocycles. The van der Waals surface area contributed by atoms with Crippen LogP contribution in [0.15, 0.2) is 18.2 Å². The van der Waals surface area contributed by atoms with Crippen molar-refractivity contribution in [3.8, 4) is 0 Å². The van der Waals surface area contributed by atoms with E-state index in [-0.39, 0.29) is 12.5 Å². The minimum Gasteiger partial charge on any atom is -0.480 e. The van der Waals surface area contributed by atoms with Crippen LogP contribution in [0.5, 0.6) is 0 Å². The summed E-state index contributed by atoms with van der Waals surface area (Å²) in [5.74, 6) is 0.242. The lowest BCUT2D eigenvalue weighted by atomic mass is 9.94. The molecule has 116 valence electrons. The highest BCUT2D eigenvalue weighted by molar-refractivity contribution is 8.11. The van der Waals surface area contributed by atoms with Gasteiger partial charge in [0.25, 0.3) is 0 Å². The molecule has 0 spiro atoms. The van der Waals surface area contributed by atoms with Gasteiger partial charge in [-0.25, -0.2) is 0 Å². The zero-order valence-corrected chi connectivity index (χ0v) is 13.7. The molecule has 1 rings (SSSR count). The Labute approximate surface area is 130 Å². The molecule has 0 fully saturated rings. The summed E-state index contributed by atoms with van der Waals surface area (Å²) in [4.78, 5) is 23.3. The number of aryl methyl sites for hydroxylation is 1. The summed E-state index contributed by atoms with van der Waals surface area (Å²) in [5, 5.41) is 9.05. The molecule has 0 aliphatic rings. The first-order chi connectivity index (χ1) is 9.99. The molecule has 21 heavy (non-hydrogen) atoms. The molecule has 0 aliphatic heterocycles. The largest absolute Gasteiger partial charge is 0.480 e. The predicted molar refractivity (Wildman–Crippen MR) is 88.9 cm³/mol. The Morgan fingerprint density at radius 1 is 1.48 bits per heavy atom. The molecule has 1 atom stereocenters. The van der Waals surface area contributed by atoms with E-state index >= 15 is 0 Å². The van der Waals surface area contributed by atoms with Crippen LogP contribution in [0.3, 0.4) is 0 Å². The molecular formula is C16H23NO3S. The minimum atomic E-state index is -0.826. The van der Waals surface area contributed by atoms with E-state index in [0.29, 0.717) is 6.54 Å². The maximum atomic E-state index is 11.0. The van der Waals surface area contributed by atoms with Gasteiger partial charge in [0.1, 0.15) is 6.54 Å². The van der Waals surface area contributed by atoms with Crippen LogP contribution in [-0.2, 0) is 9.59 Å². The molecule has 0 aromatic heterocycles. The molecule has 1 N–H and O–H groups in total. The highest BCUT2D eigenvalue weighted by atomic mass is 32.2. The molecule has 0 heterocycles. The number of aliphatic carboxylic acids is 1. The third-order valence-corrected chi connectivity index (χ3v) is 4.11. The van der Waals surface area contributed by atoms with Crippen LogP contribution in [0.1, 0.15) is 37.3 Å². The van der Waals surface area contributed by atoms with E-state index in [1.165, 1.54) is 11.8 Å². The van der Waals surface area contributed by atoms with E-state index in [1.54, 1.807) is 0 Å². The number of rotatable bonds is 9. The number of carbonyl (C=O) groups is 2. The van der Waals surface area contributed by atoms with Gasteiger partial charge in [-0.3, -0.25) is 9.59 Å². The summed E-state index contributed by atoms with van der Waals surface area (Å²) >= 11 is 1.28. The van der Waals surface area contributed by atoms with Crippen LogP contribution < -0.4 is 4.90 Å². The standard InChI is InChI=1S/C16H23NO3S/c1-4-17(10-16(19)20)15-6-5-12(2)9-14(15)13(3)7-8-21-11-18/h5-6,9,11,13H,4,7-8,10H2,1-3H3,(H,19,20). The number of carboxylic acid groups (broad SMARTS) is 1. The van der Waals surface area contributed by atoms with Crippen molar-refractivity contribution in [2.75, 3.05) is 23.7 Å². The number of hydrogen-bond acceptors (Lipinski definition) is 4. The van der Waals surface area contributed by atoms with Crippen LogP contribution in [0.25, 0.3) is 0 Å². The van der Waals surface area contributed by atoms with Gasteiger partial charge < -0.3 is 10.0 Å². The Morgan fingerprint density at radius 3 is 2.76 bits per heavy atom. The maximum Gasteiger partial charge on any atom is 0.323 e. The van der Waals surface area contributed by atoms with E-state index in [2.05, 4.69) is 13.0 Å². The fraction of sp³-hybridized carbons (Fsp3) is 0.500. The first-order valence-electron chi connectivity index (χ1n) is 7.12. The quantitative estimate of drug-likeness (QED) is 0.560. The lowest BCUT2D eigenvalue weighted by Gasteiger charge is -2.26. The molecule has 0 bridgehead atoms. The molecule has 0 amide bonds. The summed E-state index contributed by atoms with van der Waals surface area (Å²) in [6.45, 7) is 6.77. The van der Waals surface area contributed by atoms with Crippen molar-refractivity contribution in [3.05, 3.63) is 29.3 Å². The lowest BCUT2D eigenvalue weighted by Crippen LogP contribution is -2.30. The third-order valence-electron chi connectivity index (χ3n) is 3.50. The van der Waals surface area contributed by atoms with Crippen LogP contribution in [-0.4, -0.2) is 35.5 Å². The van der Waals surface area contributed by atoms with E-state index in [1.807, 2.05) is 30.9 Å². The highest BCUT2D eigenvalue weighted by Gasteiger charge is 2.17. The molecule has 1 unspecified atom stereocenters. The van der Waals surface area contributed by atoms with E-state index in [4.69, 9.17) is 5.11 Å². The molecular weight excluding hydrogens is 286 g/mol. The second kappa shape index (κ2) is 8.72. The summed E-state index contributed by atoms with van der Waals surface area (Å²) in [5.41, 5.74) is 4.17. The normalized spacial score (nSPS) is 12.0. The molecule has 1 aromatic carbocycles. The summed E-state index contributed by atoms with van der Waals surface area (Å²) in [6, 6.07) is 6.13. The monoisotopic (exact) mass is 309 g/mol.